The molecular weight excluding hydrogens is 300 g/mol. The van der Waals surface area contributed by atoms with Gasteiger partial charge in [0.05, 0.1) is 6.42 Å². The van der Waals surface area contributed by atoms with Gasteiger partial charge in [0.15, 0.2) is 0 Å². The Labute approximate surface area is 110 Å². The molecule has 0 aliphatic rings. The van der Waals surface area contributed by atoms with Crippen molar-refractivity contribution in [1.29, 1.82) is 0 Å². The lowest BCUT2D eigenvalue weighted by molar-refractivity contribution is -0.137. The fraction of sp³-hybridized carbons (Fsp3) is 0.875. The smallest absolute Gasteiger partial charge is 0.358 e. The van der Waals surface area contributed by atoms with E-state index in [0.717, 1.165) is 0 Å². The van der Waals surface area contributed by atoms with Gasteiger partial charge in [-0.1, -0.05) is 13.3 Å². The SMILES string of the molecule is CCCC(C)NC(CC(=O)O)(P(=O)(O)O)P(=O)(O)O. The Morgan fingerprint density at radius 1 is 1.21 bits per heavy atom. The summed E-state index contributed by atoms with van der Waals surface area (Å²) in [5.74, 6) is -1.72. The van der Waals surface area contributed by atoms with E-state index in [-0.39, 0.29) is 0 Å². The predicted molar refractivity (Wildman–Crippen MR) is 66.6 cm³/mol. The van der Waals surface area contributed by atoms with Crippen molar-refractivity contribution in [2.45, 2.75) is 44.2 Å². The van der Waals surface area contributed by atoms with E-state index in [1.165, 1.54) is 6.92 Å². The van der Waals surface area contributed by atoms with Gasteiger partial charge in [0.1, 0.15) is 0 Å². The molecule has 0 bridgehead atoms. The molecule has 0 amide bonds. The Bertz CT molecular complexity index is 391. The Kier molecular flexibility index (Phi) is 6.36. The summed E-state index contributed by atoms with van der Waals surface area (Å²) in [7, 11) is -10.8. The highest BCUT2D eigenvalue weighted by Gasteiger charge is 2.61. The van der Waals surface area contributed by atoms with Gasteiger partial charge >= 0.3 is 21.2 Å². The number of hydrogen-bond acceptors (Lipinski definition) is 4. The van der Waals surface area contributed by atoms with E-state index >= 15 is 0 Å². The van der Waals surface area contributed by atoms with Crippen LogP contribution in [0.1, 0.15) is 33.1 Å². The van der Waals surface area contributed by atoms with Crippen LogP contribution in [-0.4, -0.2) is 41.7 Å². The molecule has 0 aliphatic heterocycles. The van der Waals surface area contributed by atoms with Gasteiger partial charge in [0, 0.05) is 6.04 Å². The number of nitrogens with one attached hydrogen (secondary N) is 1. The molecular formula is C8H19NO8P2. The van der Waals surface area contributed by atoms with E-state index in [1.807, 2.05) is 0 Å². The van der Waals surface area contributed by atoms with E-state index in [2.05, 4.69) is 5.32 Å². The van der Waals surface area contributed by atoms with Crippen LogP contribution in [0.3, 0.4) is 0 Å². The first kappa shape index (κ1) is 18.7. The van der Waals surface area contributed by atoms with Gasteiger partial charge in [-0.05, 0) is 13.3 Å². The summed E-state index contributed by atoms with van der Waals surface area (Å²) in [6.07, 6.45) is -0.406. The lowest BCUT2D eigenvalue weighted by atomic mass is 10.2. The maximum absolute atomic E-state index is 11.5. The van der Waals surface area contributed by atoms with Crippen molar-refractivity contribution in [2.24, 2.45) is 0 Å². The maximum atomic E-state index is 11.5. The summed E-state index contributed by atoms with van der Waals surface area (Å²) in [6.45, 7) is 3.23. The lowest BCUT2D eigenvalue weighted by Gasteiger charge is -2.36. The first-order valence-electron chi connectivity index (χ1n) is 5.48. The standard InChI is InChI=1S/C8H19NO8P2/c1-3-4-6(2)9-8(5-7(10)11,18(12,13)14)19(15,16)17/h6,9H,3-5H2,1-2H3,(H,10,11)(H2,12,13,14)(H2,15,16,17). The molecule has 0 spiro atoms. The van der Waals surface area contributed by atoms with Crippen LogP contribution in [0, 0.1) is 0 Å². The van der Waals surface area contributed by atoms with Crippen molar-refractivity contribution >= 4 is 21.2 Å². The van der Waals surface area contributed by atoms with E-state index in [4.69, 9.17) is 5.11 Å². The van der Waals surface area contributed by atoms with Crippen molar-refractivity contribution in [3.63, 3.8) is 0 Å². The van der Waals surface area contributed by atoms with Crippen LogP contribution in [0.5, 0.6) is 0 Å². The summed E-state index contributed by atoms with van der Waals surface area (Å²) in [4.78, 5) is 47.6. The molecule has 0 fully saturated rings. The normalized spacial score (nSPS) is 15.3. The molecule has 0 aliphatic carbocycles. The van der Waals surface area contributed by atoms with Crippen LogP contribution in [-0.2, 0) is 13.9 Å². The number of carboxylic acid groups (broad SMARTS) is 1. The first-order chi connectivity index (χ1) is 8.37. The zero-order valence-corrected chi connectivity index (χ0v) is 12.3. The summed E-state index contributed by atoms with van der Waals surface area (Å²) in [5.41, 5.74) is 0. The minimum absolute atomic E-state index is 0.376. The quantitative estimate of drug-likeness (QED) is 0.344. The van der Waals surface area contributed by atoms with Crippen molar-refractivity contribution in [3.8, 4) is 0 Å². The molecule has 1 atom stereocenters. The van der Waals surface area contributed by atoms with E-state index in [1.54, 1.807) is 6.92 Å². The van der Waals surface area contributed by atoms with Crippen molar-refractivity contribution in [2.75, 3.05) is 0 Å². The van der Waals surface area contributed by atoms with Gasteiger partial charge in [0.25, 0.3) is 0 Å². The monoisotopic (exact) mass is 319 g/mol. The molecule has 19 heavy (non-hydrogen) atoms. The molecule has 0 radical (unpaired) electrons. The molecule has 0 heterocycles. The zero-order chi connectivity index (χ0) is 15.5. The predicted octanol–water partition coefficient (Wildman–Crippen LogP) is 0.248. The second kappa shape index (κ2) is 6.45. The van der Waals surface area contributed by atoms with E-state index in [0.29, 0.717) is 12.8 Å². The van der Waals surface area contributed by atoms with Gasteiger partial charge < -0.3 is 24.7 Å². The molecule has 1 unspecified atom stereocenters. The van der Waals surface area contributed by atoms with Crippen LogP contribution in [0.15, 0.2) is 0 Å². The van der Waals surface area contributed by atoms with Crippen LogP contribution < -0.4 is 5.32 Å². The van der Waals surface area contributed by atoms with Crippen LogP contribution in [0.25, 0.3) is 0 Å². The summed E-state index contributed by atoms with van der Waals surface area (Å²) in [6, 6.07) is -0.662. The molecule has 0 aromatic carbocycles. The second-order valence-corrected chi connectivity index (χ2v) is 8.37. The molecule has 114 valence electrons. The third-order valence-electron chi connectivity index (χ3n) is 2.56. The molecule has 0 aromatic heterocycles. The van der Waals surface area contributed by atoms with Gasteiger partial charge in [-0.2, -0.15) is 0 Å². The second-order valence-electron chi connectivity index (χ2n) is 4.31. The summed E-state index contributed by atoms with van der Waals surface area (Å²) < 4.78 is 22.9. The Morgan fingerprint density at radius 3 is 1.89 bits per heavy atom. The highest BCUT2D eigenvalue weighted by molar-refractivity contribution is 7.72. The largest absolute Gasteiger partial charge is 0.481 e. The Hall–Kier alpha value is -0.270. The van der Waals surface area contributed by atoms with Crippen LogP contribution in [0.2, 0.25) is 0 Å². The van der Waals surface area contributed by atoms with Crippen molar-refractivity contribution in [3.05, 3.63) is 0 Å². The molecule has 0 saturated heterocycles. The summed E-state index contributed by atoms with van der Waals surface area (Å²) in [5, 5.41) is 7.73. The topological polar surface area (TPSA) is 164 Å². The van der Waals surface area contributed by atoms with Crippen LogP contribution in [0.4, 0.5) is 0 Å². The molecule has 11 heteroatoms. The molecule has 0 saturated carbocycles. The van der Waals surface area contributed by atoms with Gasteiger partial charge in [-0.25, -0.2) is 0 Å². The van der Waals surface area contributed by atoms with Gasteiger partial charge in [0.2, 0.25) is 5.02 Å². The average Bonchev–Trinajstić information content (AvgIpc) is 2.12. The first-order valence-corrected chi connectivity index (χ1v) is 8.70. The molecule has 0 rings (SSSR count). The third kappa shape index (κ3) is 4.65. The molecule has 6 N–H and O–H groups in total. The van der Waals surface area contributed by atoms with E-state index in [9.17, 15) is 33.5 Å². The average molecular weight is 319 g/mol. The Morgan fingerprint density at radius 2 is 1.63 bits per heavy atom. The van der Waals surface area contributed by atoms with E-state index < -0.39 is 38.6 Å². The number of aliphatic carboxylic acids is 1. The summed E-state index contributed by atoms with van der Waals surface area (Å²) >= 11 is 0. The number of carboxylic acids is 1. The highest BCUT2D eigenvalue weighted by Crippen LogP contribution is 2.69. The fourth-order valence-corrected chi connectivity index (χ4v) is 4.52. The Balaban J connectivity index is 5.72. The molecule has 0 aromatic rings. The highest BCUT2D eigenvalue weighted by atomic mass is 31.2. The van der Waals surface area contributed by atoms with Gasteiger partial charge in [-0.15, -0.1) is 0 Å². The fourth-order valence-electron chi connectivity index (χ4n) is 1.71. The maximum Gasteiger partial charge on any atom is 0.358 e. The third-order valence-corrected chi connectivity index (χ3v) is 6.63. The zero-order valence-electron chi connectivity index (χ0n) is 10.6. The number of rotatable bonds is 8. The van der Waals surface area contributed by atoms with Crippen LogP contribution >= 0.6 is 15.2 Å². The van der Waals surface area contributed by atoms with Crippen molar-refractivity contribution in [1.82, 2.24) is 5.32 Å². The van der Waals surface area contributed by atoms with Crippen molar-refractivity contribution < 1.29 is 38.6 Å². The molecule has 9 nitrogen and oxygen atoms in total. The minimum Gasteiger partial charge on any atom is -0.481 e. The van der Waals surface area contributed by atoms with Gasteiger partial charge in [-0.3, -0.25) is 19.2 Å². The lowest BCUT2D eigenvalue weighted by Crippen LogP contribution is -2.50. The number of carbonyl (C=O) groups is 1. The number of hydrogen-bond donors (Lipinski definition) is 6. The minimum atomic E-state index is -5.41.